The van der Waals surface area contributed by atoms with Gasteiger partial charge in [0, 0.05) is 30.1 Å². The van der Waals surface area contributed by atoms with Gasteiger partial charge in [-0.2, -0.15) is 0 Å². The zero-order valence-corrected chi connectivity index (χ0v) is 15.8. The number of para-hydroxylation sites is 1. The Morgan fingerprint density at radius 3 is 2.56 bits per heavy atom. The summed E-state index contributed by atoms with van der Waals surface area (Å²) in [4.78, 5) is 26.2. The Bertz CT molecular complexity index is 819. The summed E-state index contributed by atoms with van der Waals surface area (Å²) in [5.41, 5.74) is 2.43. The average molecular weight is 375 g/mol. The van der Waals surface area contributed by atoms with E-state index in [1.165, 1.54) is 11.0 Å². The van der Waals surface area contributed by atoms with Gasteiger partial charge in [-0.05, 0) is 54.1 Å². The molecule has 25 heavy (non-hydrogen) atoms. The van der Waals surface area contributed by atoms with Gasteiger partial charge in [-0.1, -0.05) is 35.9 Å². The number of anilines is 1. The van der Waals surface area contributed by atoms with Crippen molar-refractivity contribution in [1.29, 1.82) is 0 Å². The lowest BCUT2D eigenvalue weighted by Crippen LogP contribution is -2.16. The van der Waals surface area contributed by atoms with Gasteiger partial charge in [0.2, 0.25) is 5.91 Å². The predicted octanol–water partition coefficient (Wildman–Crippen LogP) is 5.07. The molecule has 0 saturated heterocycles. The van der Waals surface area contributed by atoms with Crippen molar-refractivity contribution >= 4 is 46.3 Å². The number of amides is 2. The van der Waals surface area contributed by atoms with Gasteiger partial charge < -0.3 is 10.2 Å². The smallest absolute Gasteiger partial charge is 0.286 e. The van der Waals surface area contributed by atoms with Gasteiger partial charge in [-0.15, -0.1) is 0 Å². The Morgan fingerprint density at radius 2 is 1.88 bits per heavy atom. The number of hydrogen-bond acceptors (Lipinski definition) is 3. The van der Waals surface area contributed by atoms with Crippen molar-refractivity contribution in [1.82, 2.24) is 4.90 Å². The summed E-state index contributed by atoms with van der Waals surface area (Å²) >= 11 is 7.15. The Balaban J connectivity index is 2.08. The third-order valence-corrected chi connectivity index (χ3v) is 4.85. The molecule has 130 valence electrons. The van der Waals surface area contributed by atoms with Crippen molar-refractivity contribution in [2.75, 3.05) is 19.4 Å². The second-order valence-electron chi connectivity index (χ2n) is 5.59. The molecule has 0 atom stereocenters. The van der Waals surface area contributed by atoms with E-state index in [1.54, 1.807) is 38.4 Å². The number of halogens is 1. The van der Waals surface area contributed by atoms with Crippen LogP contribution in [0.25, 0.3) is 6.08 Å². The molecular weight excluding hydrogens is 356 g/mol. The van der Waals surface area contributed by atoms with Gasteiger partial charge in [-0.25, -0.2) is 0 Å². The fourth-order valence-electron chi connectivity index (χ4n) is 1.90. The van der Waals surface area contributed by atoms with E-state index in [2.05, 4.69) is 5.32 Å². The van der Waals surface area contributed by atoms with Crippen LogP contribution in [0.2, 0.25) is 5.02 Å². The van der Waals surface area contributed by atoms with E-state index in [0.29, 0.717) is 15.6 Å². The first-order chi connectivity index (χ1) is 11.9. The molecule has 2 aromatic carbocycles. The number of hydrogen-bond donors (Lipinski definition) is 1. The number of carbonyl (C=O) groups excluding carboxylic acids is 2. The van der Waals surface area contributed by atoms with Crippen LogP contribution in [0.3, 0.4) is 0 Å². The third kappa shape index (κ3) is 5.66. The first-order valence-electron chi connectivity index (χ1n) is 7.60. The molecule has 4 nitrogen and oxygen atoms in total. The van der Waals surface area contributed by atoms with E-state index in [1.807, 2.05) is 31.2 Å². The van der Waals surface area contributed by atoms with Crippen molar-refractivity contribution in [2.45, 2.75) is 11.8 Å². The van der Waals surface area contributed by atoms with E-state index < -0.39 is 0 Å². The Morgan fingerprint density at radius 1 is 1.16 bits per heavy atom. The standard InChI is InChI=1S/C19H19ClN2O2S/c1-13-8-9-14(12-15(13)20)10-11-18(23)21-16-6-4-5-7-17(16)25-19(24)22(2)3/h4-12H,1-3H3,(H,21,23)/b11-10+. The minimum Gasteiger partial charge on any atom is -0.339 e. The molecule has 0 aliphatic rings. The molecule has 0 radical (unpaired) electrons. The molecule has 2 aromatic rings. The van der Waals surface area contributed by atoms with Crippen LogP contribution in [0.4, 0.5) is 10.5 Å². The first-order valence-corrected chi connectivity index (χ1v) is 8.79. The first kappa shape index (κ1) is 19.1. The van der Waals surface area contributed by atoms with Crippen molar-refractivity contribution < 1.29 is 9.59 Å². The van der Waals surface area contributed by atoms with Crippen LogP contribution < -0.4 is 5.32 Å². The summed E-state index contributed by atoms with van der Waals surface area (Å²) in [6.07, 6.45) is 3.14. The molecule has 0 heterocycles. The van der Waals surface area contributed by atoms with Crippen molar-refractivity contribution in [2.24, 2.45) is 0 Å². The SMILES string of the molecule is Cc1ccc(/C=C/C(=O)Nc2ccccc2SC(=O)N(C)C)cc1Cl. The summed E-state index contributed by atoms with van der Waals surface area (Å²) in [5, 5.41) is 3.35. The summed E-state index contributed by atoms with van der Waals surface area (Å²) < 4.78 is 0. The number of thioether (sulfide) groups is 1. The molecule has 0 spiro atoms. The zero-order valence-electron chi connectivity index (χ0n) is 14.2. The number of rotatable bonds is 4. The molecular formula is C19H19ClN2O2S. The number of aryl methyl sites for hydroxylation is 1. The van der Waals surface area contributed by atoms with Crippen molar-refractivity contribution in [3.05, 3.63) is 64.7 Å². The van der Waals surface area contributed by atoms with Crippen LogP contribution in [-0.2, 0) is 4.79 Å². The number of carbonyl (C=O) groups is 2. The maximum atomic E-state index is 12.2. The molecule has 2 amide bonds. The summed E-state index contributed by atoms with van der Waals surface area (Å²) in [6, 6.07) is 12.8. The van der Waals surface area contributed by atoms with E-state index in [9.17, 15) is 9.59 Å². The molecule has 0 saturated carbocycles. The Kier molecular flexibility index (Phi) is 6.67. The Hall–Kier alpha value is -2.24. The Labute approximate surface area is 156 Å². The van der Waals surface area contributed by atoms with E-state index in [0.717, 1.165) is 22.9 Å². The third-order valence-electron chi connectivity index (χ3n) is 3.33. The predicted molar refractivity (Wildman–Crippen MR) is 105 cm³/mol. The maximum absolute atomic E-state index is 12.2. The number of nitrogens with one attached hydrogen (secondary N) is 1. The summed E-state index contributed by atoms with van der Waals surface area (Å²) in [7, 11) is 3.37. The number of nitrogens with zero attached hydrogens (tertiary/aromatic N) is 1. The number of benzene rings is 2. The zero-order chi connectivity index (χ0) is 18.4. The van der Waals surface area contributed by atoms with E-state index >= 15 is 0 Å². The van der Waals surface area contributed by atoms with Crippen LogP contribution >= 0.6 is 23.4 Å². The highest BCUT2D eigenvalue weighted by Gasteiger charge is 2.11. The van der Waals surface area contributed by atoms with Gasteiger partial charge >= 0.3 is 0 Å². The van der Waals surface area contributed by atoms with Crippen molar-refractivity contribution in [3.63, 3.8) is 0 Å². The lowest BCUT2D eigenvalue weighted by molar-refractivity contribution is -0.111. The maximum Gasteiger partial charge on any atom is 0.286 e. The van der Waals surface area contributed by atoms with Crippen LogP contribution in [0, 0.1) is 6.92 Å². The van der Waals surface area contributed by atoms with Crippen LogP contribution in [0.5, 0.6) is 0 Å². The van der Waals surface area contributed by atoms with E-state index in [-0.39, 0.29) is 11.1 Å². The molecule has 0 aliphatic carbocycles. The van der Waals surface area contributed by atoms with E-state index in [4.69, 9.17) is 11.6 Å². The van der Waals surface area contributed by atoms with Gasteiger partial charge in [0.25, 0.3) is 5.24 Å². The highest BCUT2D eigenvalue weighted by atomic mass is 35.5. The quantitative estimate of drug-likeness (QED) is 0.600. The molecule has 6 heteroatoms. The summed E-state index contributed by atoms with van der Waals surface area (Å²) in [5.74, 6) is -0.276. The fourth-order valence-corrected chi connectivity index (χ4v) is 2.84. The van der Waals surface area contributed by atoms with Crippen LogP contribution in [0.15, 0.2) is 53.4 Å². The highest BCUT2D eigenvalue weighted by molar-refractivity contribution is 8.13. The second-order valence-corrected chi connectivity index (χ2v) is 6.99. The molecule has 0 aromatic heterocycles. The van der Waals surface area contributed by atoms with Gasteiger partial charge in [0.15, 0.2) is 0 Å². The van der Waals surface area contributed by atoms with Crippen molar-refractivity contribution in [3.8, 4) is 0 Å². The summed E-state index contributed by atoms with van der Waals surface area (Å²) in [6.45, 7) is 1.92. The topological polar surface area (TPSA) is 49.4 Å². The second kappa shape index (κ2) is 8.74. The minimum atomic E-state index is -0.276. The highest BCUT2D eigenvalue weighted by Crippen LogP contribution is 2.28. The van der Waals surface area contributed by atoms with Gasteiger partial charge in [0.1, 0.15) is 0 Å². The average Bonchev–Trinajstić information content (AvgIpc) is 2.57. The van der Waals surface area contributed by atoms with Gasteiger partial charge in [0.05, 0.1) is 5.69 Å². The molecule has 0 unspecified atom stereocenters. The lowest BCUT2D eigenvalue weighted by Gasteiger charge is -2.12. The van der Waals surface area contributed by atoms with Crippen LogP contribution in [0.1, 0.15) is 11.1 Å². The lowest BCUT2D eigenvalue weighted by atomic mass is 10.1. The van der Waals surface area contributed by atoms with Gasteiger partial charge in [-0.3, -0.25) is 9.59 Å². The normalized spacial score (nSPS) is 10.7. The minimum absolute atomic E-state index is 0.105. The monoisotopic (exact) mass is 374 g/mol. The van der Waals surface area contributed by atoms with Crippen LogP contribution in [-0.4, -0.2) is 30.1 Å². The largest absolute Gasteiger partial charge is 0.339 e. The molecule has 2 rings (SSSR count). The molecule has 0 bridgehead atoms. The molecule has 0 fully saturated rings. The fraction of sp³-hybridized carbons (Fsp3) is 0.158. The molecule has 0 aliphatic heterocycles. The molecule has 1 N–H and O–H groups in total.